The van der Waals surface area contributed by atoms with Crippen LogP contribution in [-0.2, 0) is 15.5 Å². The molecule has 0 N–H and O–H groups in total. The molecule has 1 fully saturated rings. The van der Waals surface area contributed by atoms with Gasteiger partial charge < -0.3 is 4.79 Å². The van der Waals surface area contributed by atoms with Crippen LogP contribution < -0.4 is 0 Å². The molecule has 1 aliphatic carbocycles. The minimum absolute atomic E-state index is 0.00366. The van der Waals surface area contributed by atoms with Gasteiger partial charge in [-0.3, -0.25) is 0 Å². The smallest absolute Gasteiger partial charge is 0.140 e. The normalized spacial score (nSPS) is 30.8. The molecule has 1 rings (SSSR count). The molecule has 1 saturated carbocycles. The molecule has 3 nitrogen and oxygen atoms in total. The van der Waals surface area contributed by atoms with E-state index >= 15 is 0 Å². The third kappa shape index (κ3) is 2.35. The lowest BCUT2D eigenvalue weighted by Gasteiger charge is -2.31. The van der Waals surface area contributed by atoms with Gasteiger partial charge in [-0.2, -0.15) is 0 Å². The second-order valence-electron chi connectivity index (χ2n) is 4.71. The van der Waals surface area contributed by atoms with Crippen LogP contribution in [0.4, 0.5) is 0 Å². The minimum Gasteiger partial charge on any atom is -0.303 e. The molecule has 82 valence electrons. The Hall–Kier alpha value is -0.380. The third-order valence-corrected chi connectivity index (χ3v) is 4.46. The molecule has 14 heavy (non-hydrogen) atoms. The second-order valence-corrected chi connectivity index (χ2v) is 5.74. The summed E-state index contributed by atoms with van der Waals surface area (Å²) in [5.74, 6) is 0.867. The van der Waals surface area contributed by atoms with E-state index < -0.39 is 10.7 Å². The van der Waals surface area contributed by atoms with Crippen molar-refractivity contribution >= 4 is 17.0 Å². The molecule has 0 aliphatic heterocycles. The van der Waals surface area contributed by atoms with E-state index in [1.165, 1.54) is 0 Å². The van der Waals surface area contributed by atoms with Gasteiger partial charge in [-0.1, -0.05) is 13.8 Å². The first kappa shape index (κ1) is 11.7. The summed E-state index contributed by atoms with van der Waals surface area (Å²) in [6, 6.07) is 0. The van der Waals surface area contributed by atoms with E-state index in [-0.39, 0.29) is 17.1 Å². The van der Waals surface area contributed by atoms with Crippen molar-refractivity contribution in [1.29, 1.82) is 0 Å². The summed E-state index contributed by atoms with van der Waals surface area (Å²) in [6.07, 6.45) is 3.44. The molecule has 1 aliphatic rings. The average molecular weight is 218 g/mol. The Balaban J connectivity index is 2.69. The quantitative estimate of drug-likeness (QED) is 0.570. The van der Waals surface area contributed by atoms with Crippen molar-refractivity contribution in [2.75, 3.05) is 5.75 Å². The topological polar surface area (TPSA) is 51.2 Å². The molecular weight excluding hydrogens is 200 g/mol. The van der Waals surface area contributed by atoms with Crippen LogP contribution in [0, 0.1) is 17.3 Å². The van der Waals surface area contributed by atoms with Crippen molar-refractivity contribution in [2.24, 2.45) is 17.3 Å². The maximum absolute atomic E-state index is 10.7. The van der Waals surface area contributed by atoms with E-state index in [4.69, 9.17) is 0 Å². The highest BCUT2D eigenvalue weighted by atomic mass is 32.2. The monoisotopic (exact) mass is 218 g/mol. The Morgan fingerprint density at radius 1 is 1.29 bits per heavy atom. The molecule has 0 radical (unpaired) electrons. The van der Waals surface area contributed by atoms with Crippen molar-refractivity contribution in [3.63, 3.8) is 0 Å². The number of carbonyl (C=O) groups excluding carboxylic acids is 1. The number of rotatable bonds is 4. The maximum Gasteiger partial charge on any atom is 0.140 e. The van der Waals surface area contributed by atoms with Crippen LogP contribution in [0.2, 0.25) is 0 Å². The molecule has 2 atom stereocenters. The highest BCUT2D eigenvalue weighted by Gasteiger charge is 2.42. The summed E-state index contributed by atoms with van der Waals surface area (Å²) in [6.45, 7) is 4.16. The molecular formula is C10H18O3S. The van der Waals surface area contributed by atoms with Crippen molar-refractivity contribution in [3.8, 4) is 0 Å². The number of thiol groups is 1. The lowest BCUT2D eigenvalue weighted by atomic mass is 9.75. The Kier molecular flexibility index (Phi) is 3.70. The van der Waals surface area contributed by atoms with E-state index in [1.54, 1.807) is 0 Å². The Morgan fingerprint density at radius 3 is 2.36 bits per heavy atom. The van der Waals surface area contributed by atoms with Crippen LogP contribution in [0.3, 0.4) is 0 Å². The van der Waals surface area contributed by atoms with Gasteiger partial charge in [0.15, 0.2) is 0 Å². The second kappa shape index (κ2) is 4.43. The number of hydrogen-bond donors (Lipinski definition) is 1. The highest BCUT2D eigenvalue weighted by Crippen LogP contribution is 2.48. The number of carbonyl (C=O) groups is 1. The fourth-order valence-corrected chi connectivity index (χ4v) is 3.54. The van der Waals surface area contributed by atoms with Crippen LogP contribution in [0.15, 0.2) is 0 Å². The van der Waals surface area contributed by atoms with Crippen LogP contribution in [0.1, 0.15) is 33.1 Å². The summed E-state index contributed by atoms with van der Waals surface area (Å²) >= 11 is 0. The van der Waals surface area contributed by atoms with Gasteiger partial charge in [0.25, 0.3) is 0 Å². The van der Waals surface area contributed by atoms with E-state index in [9.17, 15) is 13.2 Å². The molecule has 0 bridgehead atoms. The average Bonchev–Trinajstić information content (AvgIpc) is 2.31. The first-order chi connectivity index (χ1) is 6.48. The molecule has 0 aromatic rings. The van der Waals surface area contributed by atoms with Gasteiger partial charge in [0.1, 0.15) is 17.0 Å². The molecule has 0 aromatic heterocycles. The van der Waals surface area contributed by atoms with Gasteiger partial charge in [-0.15, -0.1) is 0 Å². The zero-order chi connectivity index (χ0) is 10.8. The van der Waals surface area contributed by atoms with E-state index in [0.717, 1.165) is 19.1 Å². The molecule has 0 amide bonds. The van der Waals surface area contributed by atoms with Crippen molar-refractivity contribution in [3.05, 3.63) is 0 Å². The molecule has 0 heterocycles. The predicted octanol–water partition coefficient (Wildman–Crippen LogP) is 1.24. The largest absolute Gasteiger partial charge is 0.303 e. The molecule has 0 saturated heterocycles. The summed E-state index contributed by atoms with van der Waals surface area (Å²) in [7, 11) is -2.29. The lowest BCUT2D eigenvalue weighted by Crippen LogP contribution is -2.28. The molecule has 4 heteroatoms. The Bertz CT molecular complexity index is 273. The standard InChI is InChI=1S/C10H18O3S/c1-10(2)8(5-6-11)3-4-9(10)7-14(12)13/h6,8-9,14H,3-5,7H2,1-2H3. The summed E-state index contributed by atoms with van der Waals surface area (Å²) in [5.41, 5.74) is -0.00366. The van der Waals surface area contributed by atoms with Gasteiger partial charge in [0, 0.05) is 6.42 Å². The Labute approximate surface area is 86.8 Å². The third-order valence-electron chi connectivity index (χ3n) is 3.72. The predicted molar refractivity (Wildman–Crippen MR) is 55.9 cm³/mol. The molecule has 2 unspecified atom stereocenters. The highest BCUT2D eigenvalue weighted by molar-refractivity contribution is 7.72. The van der Waals surface area contributed by atoms with Crippen molar-refractivity contribution < 1.29 is 13.2 Å². The minimum atomic E-state index is -2.29. The lowest BCUT2D eigenvalue weighted by molar-refractivity contribution is -0.109. The fourth-order valence-electron chi connectivity index (χ4n) is 2.52. The van der Waals surface area contributed by atoms with Gasteiger partial charge in [-0.05, 0) is 30.1 Å². The number of hydrogen-bond acceptors (Lipinski definition) is 3. The van der Waals surface area contributed by atoms with Crippen molar-refractivity contribution in [1.82, 2.24) is 0 Å². The zero-order valence-electron chi connectivity index (χ0n) is 8.73. The summed E-state index contributed by atoms with van der Waals surface area (Å²) in [5, 5.41) is 0. The summed E-state index contributed by atoms with van der Waals surface area (Å²) < 4.78 is 21.4. The van der Waals surface area contributed by atoms with Gasteiger partial charge in [0.2, 0.25) is 0 Å². The van der Waals surface area contributed by atoms with Crippen LogP contribution in [-0.4, -0.2) is 20.5 Å². The van der Waals surface area contributed by atoms with E-state index in [2.05, 4.69) is 13.8 Å². The molecule has 0 spiro atoms. The van der Waals surface area contributed by atoms with Crippen LogP contribution >= 0.6 is 0 Å². The van der Waals surface area contributed by atoms with Crippen LogP contribution in [0.25, 0.3) is 0 Å². The summed E-state index contributed by atoms with van der Waals surface area (Å²) in [4.78, 5) is 10.5. The van der Waals surface area contributed by atoms with Gasteiger partial charge in [0.05, 0.1) is 5.75 Å². The zero-order valence-corrected chi connectivity index (χ0v) is 9.63. The SMILES string of the molecule is CC1(C)C(CC=O)CCC1C[SH](=O)=O. The first-order valence-corrected chi connectivity index (χ1v) is 6.40. The first-order valence-electron chi connectivity index (χ1n) is 5.04. The number of aldehydes is 1. The molecule has 0 aromatic carbocycles. The van der Waals surface area contributed by atoms with Crippen molar-refractivity contribution in [2.45, 2.75) is 33.1 Å². The maximum atomic E-state index is 10.7. The van der Waals surface area contributed by atoms with E-state index in [0.29, 0.717) is 12.3 Å². The Morgan fingerprint density at radius 2 is 1.86 bits per heavy atom. The van der Waals surface area contributed by atoms with E-state index in [1.807, 2.05) is 0 Å². The fraction of sp³-hybridized carbons (Fsp3) is 0.900. The van der Waals surface area contributed by atoms with Gasteiger partial charge >= 0.3 is 0 Å². The van der Waals surface area contributed by atoms with Crippen LogP contribution in [0.5, 0.6) is 0 Å². The van der Waals surface area contributed by atoms with Gasteiger partial charge in [-0.25, -0.2) is 8.42 Å².